The van der Waals surface area contributed by atoms with Gasteiger partial charge < -0.3 is 34.4 Å². The third-order valence-electron chi connectivity index (χ3n) is 10.5. The lowest BCUT2D eigenvalue weighted by atomic mass is 9.73. The van der Waals surface area contributed by atoms with E-state index in [1.165, 1.54) is 0 Å². The number of aromatic nitrogens is 2. The summed E-state index contributed by atoms with van der Waals surface area (Å²) in [6, 6.07) is 5.63. The minimum absolute atomic E-state index is 0.0430. The number of anilines is 4. The number of amides is 3. The van der Waals surface area contributed by atoms with Crippen LogP contribution in [0.5, 0.6) is 5.75 Å². The van der Waals surface area contributed by atoms with Gasteiger partial charge in [0.15, 0.2) is 5.82 Å². The molecule has 48 heavy (non-hydrogen) atoms. The van der Waals surface area contributed by atoms with Gasteiger partial charge >= 0.3 is 6.09 Å². The van der Waals surface area contributed by atoms with Crippen LogP contribution in [0.25, 0.3) is 0 Å². The number of methoxy groups -OCH3 is 1. The van der Waals surface area contributed by atoms with Gasteiger partial charge in [-0.1, -0.05) is 19.8 Å². The van der Waals surface area contributed by atoms with E-state index < -0.39 is 5.60 Å². The summed E-state index contributed by atoms with van der Waals surface area (Å²) < 4.78 is 11.2. The van der Waals surface area contributed by atoms with Gasteiger partial charge in [-0.2, -0.15) is 4.98 Å². The molecule has 3 fully saturated rings. The largest absolute Gasteiger partial charge is 0.495 e. The Bertz CT molecular complexity index is 1530. The zero-order valence-corrected chi connectivity index (χ0v) is 29.5. The number of fused-ring (bicyclic) bond motifs is 1. The predicted molar refractivity (Wildman–Crippen MR) is 185 cm³/mol. The molecule has 0 bridgehead atoms. The van der Waals surface area contributed by atoms with Crippen LogP contribution in [0.4, 0.5) is 27.9 Å². The molecule has 12 heteroatoms. The van der Waals surface area contributed by atoms with Crippen LogP contribution in [-0.4, -0.2) is 95.7 Å². The number of likely N-dealkylation sites (tertiary alicyclic amines) is 1. The Labute approximate surface area is 284 Å². The van der Waals surface area contributed by atoms with Gasteiger partial charge in [0.25, 0.3) is 5.91 Å². The second-order valence-electron chi connectivity index (χ2n) is 15.0. The Balaban J connectivity index is 1.07. The summed E-state index contributed by atoms with van der Waals surface area (Å²) in [7, 11) is 5.25. The number of rotatable bonds is 9. The molecule has 3 amide bonds. The Hall–Kier alpha value is -4.09. The highest BCUT2D eigenvalue weighted by Gasteiger charge is 2.42. The van der Waals surface area contributed by atoms with Crippen molar-refractivity contribution in [2.75, 3.05) is 49.4 Å². The monoisotopic (exact) mass is 661 g/mol. The van der Waals surface area contributed by atoms with Crippen molar-refractivity contribution >= 4 is 41.0 Å². The Morgan fingerprint density at radius 3 is 2.46 bits per heavy atom. The highest BCUT2D eigenvalue weighted by atomic mass is 16.6. The summed E-state index contributed by atoms with van der Waals surface area (Å²) in [5, 5.41) is 3.31. The summed E-state index contributed by atoms with van der Waals surface area (Å²) in [6.07, 6.45) is 9.60. The number of carbonyl (C=O) groups is 3. The van der Waals surface area contributed by atoms with E-state index in [0.29, 0.717) is 46.9 Å². The van der Waals surface area contributed by atoms with Crippen LogP contribution < -0.4 is 19.9 Å². The van der Waals surface area contributed by atoms with Crippen molar-refractivity contribution < 1.29 is 23.9 Å². The molecule has 0 radical (unpaired) electrons. The van der Waals surface area contributed by atoms with Crippen LogP contribution >= 0.6 is 0 Å². The topological polar surface area (TPSA) is 120 Å². The van der Waals surface area contributed by atoms with Gasteiger partial charge in [-0.3, -0.25) is 9.59 Å². The lowest BCUT2D eigenvalue weighted by Gasteiger charge is -2.46. The highest BCUT2D eigenvalue weighted by molar-refractivity contribution is 6.04. The first-order valence-corrected chi connectivity index (χ1v) is 17.5. The van der Waals surface area contributed by atoms with E-state index in [4.69, 9.17) is 14.5 Å². The van der Waals surface area contributed by atoms with Gasteiger partial charge in [-0.25, -0.2) is 9.78 Å². The molecule has 3 heterocycles. The first kappa shape index (κ1) is 33.8. The van der Waals surface area contributed by atoms with Crippen LogP contribution in [0.2, 0.25) is 0 Å². The highest BCUT2D eigenvalue weighted by Crippen LogP contribution is 2.41. The van der Waals surface area contributed by atoms with Crippen LogP contribution in [0.15, 0.2) is 24.4 Å². The van der Waals surface area contributed by atoms with Gasteiger partial charge in [-0.05, 0) is 89.3 Å². The van der Waals surface area contributed by atoms with E-state index in [1.54, 1.807) is 36.2 Å². The maximum Gasteiger partial charge on any atom is 0.410 e. The fraction of sp³-hybridized carbons (Fsp3) is 0.639. The lowest BCUT2D eigenvalue weighted by molar-refractivity contribution is -0.120. The number of carbonyl (C=O) groups excluding carboxylic acids is 3. The summed E-state index contributed by atoms with van der Waals surface area (Å²) in [6.45, 7) is 9.20. The molecule has 2 saturated carbocycles. The number of hydrogen-bond donors (Lipinski definition) is 1. The van der Waals surface area contributed by atoms with Crippen LogP contribution in [0.1, 0.15) is 89.4 Å². The van der Waals surface area contributed by atoms with Gasteiger partial charge in [-0.15, -0.1) is 0 Å². The summed E-state index contributed by atoms with van der Waals surface area (Å²) in [5.74, 6) is 2.79. The molecular formula is C36H51N7O5. The minimum Gasteiger partial charge on any atom is -0.495 e. The Kier molecular flexibility index (Phi) is 9.46. The van der Waals surface area contributed by atoms with E-state index in [1.807, 2.05) is 44.9 Å². The van der Waals surface area contributed by atoms with E-state index >= 15 is 0 Å². The number of nitrogens with zero attached hydrogens (tertiary/aromatic N) is 6. The number of ether oxygens (including phenoxy) is 2. The Morgan fingerprint density at radius 1 is 1.10 bits per heavy atom. The normalized spacial score (nSPS) is 22.9. The standard InChI is InChI=1S/C36H51N7O5/c1-8-28-33(45)41(6)29-19-37-34(39-31(29)43(28)25-11-9-10-12-25)38-27-14-13-24(18-30(27)47-7)32(44)40(5)26-16-22(17-26)15-23-20-42(21-23)35(46)48-36(2,3)4/h13-14,18-19,22-23,25-26,28H,8-12,15-17,20-21H2,1-7H3,(H,37,38,39)/t22?,26?,28-/m1/s1. The second kappa shape index (κ2) is 13.4. The van der Waals surface area contributed by atoms with Gasteiger partial charge in [0.2, 0.25) is 11.9 Å². The van der Waals surface area contributed by atoms with Crippen molar-refractivity contribution in [2.45, 2.75) is 103 Å². The molecule has 1 saturated heterocycles. The first-order chi connectivity index (χ1) is 22.9. The van der Waals surface area contributed by atoms with Crippen molar-refractivity contribution in [2.24, 2.45) is 11.8 Å². The smallest absolute Gasteiger partial charge is 0.410 e. The van der Waals surface area contributed by atoms with E-state index in [0.717, 1.165) is 63.9 Å². The van der Waals surface area contributed by atoms with Gasteiger partial charge in [0.05, 0.1) is 19.0 Å². The van der Waals surface area contributed by atoms with Crippen molar-refractivity contribution in [1.82, 2.24) is 19.8 Å². The summed E-state index contributed by atoms with van der Waals surface area (Å²) >= 11 is 0. The molecule has 0 spiro atoms. The maximum atomic E-state index is 13.5. The average molecular weight is 662 g/mol. The summed E-state index contributed by atoms with van der Waals surface area (Å²) in [4.78, 5) is 56.0. The van der Waals surface area contributed by atoms with E-state index in [2.05, 4.69) is 22.1 Å². The SMILES string of the molecule is CC[C@@H]1C(=O)N(C)c2cnc(Nc3ccc(C(=O)N(C)C4CC(CC5CN(C(=O)OC(C)(C)C)C5)C4)cc3OC)nc2N1C1CCCC1. The molecule has 0 unspecified atom stereocenters. The molecule has 1 aromatic heterocycles. The van der Waals surface area contributed by atoms with Crippen LogP contribution in [0, 0.1) is 11.8 Å². The predicted octanol–water partition coefficient (Wildman–Crippen LogP) is 5.84. The molecule has 2 aliphatic carbocycles. The fourth-order valence-electron chi connectivity index (χ4n) is 7.74. The number of benzene rings is 1. The van der Waals surface area contributed by atoms with Crippen molar-refractivity contribution in [3.05, 3.63) is 30.0 Å². The number of likely N-dealkylation sites (N-methyl/N-ethyl adjacent to an activating group) is 1. The van der Waals surface area contributed by atoms with Crippen LogP contribution in [-0.2, 0) is 9.53 Å². The van der Waals surface area contributed by atoms with Crippen LogP contribution in [0.3, 0.4) is 0 Å². The molecule has 2 aromatic rings. The zero-order valence-electron chi connectivity index (χ0n) is 29.5. The van der Waals surface area contributed by atoms with Gasteiger partial charge in [0, 0.05) is 44.8 Å². The molecule has 260 valence electrons. The fourth-order valence-corrected chi connectivity index (χ4v) is 7.74. The molecule has 12 nitrogen and oxygen atoms in total. The maximum absolute atomic E-state index is 13.5. The molecule has 6 rings (SSSR count). The van der Waals surface area contributed by atoms with E-state index in [-0.39, 0.29) is 36.0 Å². The second-order valence-corrected chi connectivity index (χ2v) is 15.0. The van der Waals surface area contributed by atoms with E-state index in [9.17, 15) is 14.4 Å². The minimum atomic E-state index is -0.478. The Morgan fingerprint density at radius 2 is 1.81 bits per heavy atom. The van der Waals surface area contributed by atoms with Gasteiger partial charge in [0.1, 0.15) is 23.1 Å². The van der Waals surface area contributed by atoms with Crippen molar-refractivity contribution in [3.63, 3.8) is 0 Å². The molecule has 4 aliphatic rings. The zero-order chi connectivity index (χ0) is 34.3. The average Bonchev–Trinajstić information content (AvgIpc) is 3.54. The summed E-state index contributed by atoms with van der Waals surface area (Å²) in [5.41, 5.74) is 1.45. The van der Waals surface area contributed by atoms with Crippen molar-refractivity contribution in [3.8, 4) is 5.75 Å². The molecule has 1 aromatic carbocycles. The quantitative estimate of drug-likeness (QED) is 0.353. The molecular weight excluding hydrogens is 610 g/mol. The molecule has 2 aliphatic heterocycles. The lowest BCUT2D eigenvalue weighted by Crippen LogP contribution is -2.55. The third kappa shape index (κ3) is 6.75. The van der Waals surface area contributed by atoms with Crippen molar-refractivity contribution in [1.29, 1.82) is 0 Å². The molecule has 1 N–H and O–H groups in total. The molecule has 1 atom stereocenters. The number of hydrogen-bond acceptors (Lipinski definition) is 9. The first-order valence-electron chi connectivity index (χ1n) is 17.5. The number of nitrogens with one attached hydrogen (secondary N) is 1. The third-order valence-corrected chi connectivity index (χ3v) is 10.5.